The fourth-order valence-corrected chi connectivity index (χ4v) is 2.03. The molecule has 20 heavy (non-hydrogen) atoms. The molecule has 0 amide bonds. The second kappa shape index (κ2) is 7.02. The van der Waals surface area contributed by atoms with Crippen LogP contribution in [0.4, 0.5) is 0 Å². The van der Waals surface area contributed by atoms with Crippen LogP contribution in [0.25, 0.3) is 0 Å². The van der Waals surface area contributed by atoms with Crippen LogP contribution in [0.3, 0.4) is 0 Å². The van der Waals surface area contributed by atoms with Crippen molar-refractivity contribution in [2.24, 2.45) is 0 Å². The molecule has 1 aliphatic rings. The van der Waals surface area contributed by atoms with E-state index in [9.17, 15) is 5.11 Å². The van der Waals surface area contributed by atoms with E-state index in [4.69, 9.17) is 9.47 Å². The van der Waals surface area contributed by atoms with Gasteiger partial charge >= 0.3 is 0 Å². The Bertz CT molecular complexity index is 435. The Balaban J connectivity index is 1.61. The third-order valence-electron chi connectivity index (χ3n) is 3.78. The van der Waals surface area contributed by atoms with Gasteiger partial charge in [0.05, 0.1) is 25.9 Å². The lowest BCUT2D eigenvalue weighted by atomic mass is 9.99. The molecule has 3 heteroatoms. The molecule has 0 bridgehead atoms. The average molecular weight is 276 g/mol. The molecule has 1 aromatic carbocycles. The Kier molecular flexibility index (Phi) is 5.35. The van der Waals surface area contributed by atoms with Crippen LogP contribution in [0.5, 0.6) is 0 Å². The molecule has 0 radical (unpaired) electrons. The predicted octanol–water partition coefficient (Wildman–Crippen LogP) is 3.08. The topological polar surface area (TPSA) is 42.0 Å². The van der Waals surface area contributed by atoms with Crippen LogP contribution in [0.2, 0.25) is 0 Å². The Labute approximate surface area is 121 Å². The van der Waals surface area contributed by atoms with Gasteiger partial charge in [-0.05, 0) is 32.3 Å². The average Bonchev–Trinajstić information content (AvgIpc) is 3.21. The zero-order valence-corrected chi connectivity index (χ0v) is 12.3. The van der Waals surface area contributed by atoms with E-state index in [1.54, 1.807) is 0 Å². The van der Waals surface area contributed by atoms with Gasteiger partial charge in [0.1, 0.15) is 5.60 Å². The Morgan fingerprint density at radius 1 is 1.45 bits per heavy atom. The van der Waals surface area contributed by atoms with E-state index >= 15 is 0 Å². The van der Waals surface area contributed by atoms with E-state index in [1.807, 2.05) is 25.1 Å². The van der Waals surface area contributed by atoms with Crippen LogP contribution in [-0.2, 0) is 16.1 Å². The SMILES string of the molecule is C/C(=C\COCc1ccccc1)CC[C@@H](O)[C@]1(C)CO1. The first-order chi connectivity index (χ1) is 9.60. The minimum Gasteiger partial charge on any atom is -0.390 e. The van der Waals surface area contributed by atoms with Gasteiger partial charge < -0.3 is 14.6 Å². The summed E-state index contributed by atoms with van der Waals surface area (Å²) in [4.78, 5) is 0. The largest absolute Gasteiger partial charge is 0.390 e. The molecular formula is C17H24O3. The van der Waals surface area contributed by atoms with E-state index in [-0.39, 0.29) is 11.7 Å². The minimum absolute atomic E-state index is 0.288. The molecule has 2 rings (SSSR count). The van der Waals surface area contributed by atoms with Crippen LogP contribution in [-0.4, -0.2) is 30.0 Å². The van der Waals surface area contributed by atoms with Crippen molar-refractivity contribution in [3.8, 4) is 0 Å². The summed E-state index contributed by atoms with van der Waals surface area (Å²) >= 11 is 0. The summed E-state index contributed by atoms with van der Waals surface area (Å²) in [6.45, 7) is 5.97. The molecule has 0 unspecified atom stereocenters. The van der Waals surface area contributed by atoms with Crippen molar-refractivity contribution in [2.45, 2.75) is 45.0 Å². The summed E-state index contributed by atoms with van der Waals surface area (Å²) in [6.07, 6.45) is 3.36. The molecule has 0 aliphatic carbocycles. The number of aliphatic hydroxyl groups excluding tert-OH is 1. The molecule has 0 aromatic heterocycles. The molecule has 3 nitrogen and oxygen atoms in total. The van der Waals surface area contributed by atoms with E-state index in [1.165, 1.54) is 11.1 Å². The molecule has 2 atom stereocenters. The van der Waals surface area contributed by atoms with Gasteiger partial charge in [0.25, 0.3) is 0 Å². The molecule has 1 saturated heterocycles. The summed E-state index contributed by atoms with van der Waals surface area (Å²) in [5, 5.41) is 9.93. The van der Waals surface area contributed by atoms with Crippen LogP contribution in [0, 0.1) is 0 Å². The van der Waals surface area contributed by atoms with Gasteiger partial charge in [0, 0.05) is 0 Å². The summed E-state index contributed by atoms with van der Waals surface area (Å²) in [7, 11) is 0. The highest BCUT2D eigenvalue weighted by Crippen LogP contribution is 2.32. The summed E-state index contributed by atoms with van der Waals surface area (Å²) in [6, 6.07) is 10.2. The minimum atomic E-state index is -0.365. The van der Waals surface area contributed by atoms with Crippen molar-refractivity contribution in [3.05, 3.63) is 47.5 Å². The van der Waals surface area contributed by atoms with Crippen LogP contribution >= 0.6 is 0 Å². The highest BCUT2D eigenvalue weighted by molar-refractivity contribution is 5.13. The highest BCUT2D eigenvalue weighted by Gasteiger charge is 2.45. The van der Waals surface area contributed by atoms with E-state index in [0.717, 1.165) is 12.8 Å². The van der Waals surface area contributed by atoms with Crippen molar-refractivity contribution in [2.75, 3.05) is 13.2 Å². The maximum Gasteiger partial charge on any atom is 0.115 e. The number of benzene rings is 1. The Morgan fingerprint density at radius 3 is 2.80 bits per heavy atom. The fourth-order valence-electron chi connectivity index (χ4n) is 2.03. The zero-order chi connectivity index (χ0) is 14.4. The smallest absolute Gasteiger partial charge is 0.115 e. The van der Waals surface area contributed by atoms with Crippen molar-refractivity contribution in [1.82, 2.24) is 0 Å². The lowest BCUT2D eigenvalue weighted by Crippen LogP contribution is -2.26. The summed E-state index contributed by atoms with van der Waals surface area (Å²) in [5.41, 5.74) is 2.15. The maximum absolute atomic E-state index is 9.93. The molecule has 1 heterocycles. The maximum atomic E-state index is 9.93. The van der Waals surface area contributed by atoms with Gasteiger partial charge in [-0.1, -0.05) is 42.0 Å². The Hall–Kier alpha value is -1.16. The zero-order valence-electron chi connectivity index (χ0n) is 12.3. The first-order valence-corrected chi connectivity index (χ1v) is 7.19. The van der Waals surface area contributed by atoms with Crippen LogP contribution in [0.15, 0.2) is 42.0 Å². The standard InChI is InChI=1S/C17H24O3/c1-14(8-9-16(18)17(2)13-20-17)10-11-19-12-15-6-4-3-5-7-15/h3-7,10,16,18H,8-9,11-13H2,1-2H3/b14-10+/t16-,17+/m1/s1. The lowest BCUT2D eigenvalue weighted by Gasteiger charge is -2.14. The van der Waals surface area contributed by atoms with E-state index in [2.05, 4.69) is 25.1 Å². The van der Waals surface area contributed by atoms with Gasteiger partial charge in [0.2, 0.25) is 0 Å². The highest BCUT2D eigenvalue weighted by atomic mass is 16.6. The number of epoxide rings is 1. The molecule has 0 spiro atoms. The molecule has 110 valence electrons. The van der Waals surface area contributed by atoms with E-state index < -0.39 is 0 Å². The van der Waals surface area contributed by atoms with Gasteiger partial charge in [-0.25, -0.2) is 0 Å². The monoisotopic (exact) mass is 276 g/mol. The number of aliphatic hydroxyl groups is 1. The van der Waals surface area contributed by atoms with E-state index in [0.29, 0.717) is 19.8 Å². The molecule has 0 saturated carbocycles. The number of hydrogen-bond acceptors (Lipinski definition) is 3. The number of rotatable bonds is 8. The number of ether oxygens (including phenoxy) is 2. The number of hydrogen-bond donors (Lipinski definition) is 1. The molecule has 1 N–H and O–H groups in total. The quantitative estimate of drug-likeness (QED) is 0.451. The molecular weight excluding hydrogens is 252 g/mol. The Morgan fingerprint density at radius 2 is 2.15 bits per heavy atom. The van der Waals surface area contributed by atoms with Gasteiger partial charge in [-0.15, -0.1) is 0 Å². The van der Waals surface area contributed by atoms with Crippen molar-refractivity contribution >= 4 is 0 Å². The van der Waals surface area contributed by atoms with Crippen molar-refractivity contribution in [3.63, 3.8) is 0 Å². The summed E-state index contributed by atoms with van der Waals surface area (Å²) in [5.74, 6) is 0. The third-order valence-corrected chi connectivity index (χ3v) is 3.78. The van der Waals surface area contributed by atoms with Crippen molar-refractivity contribution in [1.29, 1.82) is 0 Å². The normalized spacial score (nSPS) is 23.6. The van der Waals surface area contributed by atoms with Gasteiger partial charge in [0.15, 0.2) is 0 Å². The lowest BCUT2D eigenvalue weighted by molar-refractivity contribution is 0.0776. The number of allylic oxidation sites excluding steroid dienone is 1. The second-order valence-electron chi connectivity index (χ2n) is 5.71. The second-order valence-corrected chi connectivity index (χ2v) is 5.71. The molecule has 1 aromatic rings. The first kappa shape index (κ1) is 15.2. The van der Waals surface area contributed by atoms with Crippen LogP contribution in [0.1, 0.15) is 32.3 Å². The van der Waals surface area contributed by atoms with Crippen molar-refractivity contribution < 1.29 is 14.6 Å². The first-order valence-electron chi connectivity index (χ1n) is 7.19. The molecule has 1 aliphatic heterocycles. The third kappa shape index (κ3) is 4.75. The predicted molar refractivity (Wildman–Crippen MR) is 79.5 cm³/mol. The summed E-state index contributed by atoms with van der Waals surface area (Å²) < 4.78 is 10.9. The van der Waals surface area contributed by atoms with Gasteiger partial charge in [-0.3, -0.25) is 0 Å². The molecule has 1 fully saturated rings. The van der Waals surface area contributed by atoms with Crippen LogP contribution < -0.4 is 0 Å². The fraction of sp³-hybridized carbons (Fsp3) is 0.529. The van der Waals surface area contributed by atoms with Gasteiger partial charge in [-0.2, -0.15) is 0 Å².